The summed E-state index contributed by atoms with van der Waals surface area (Å²) in [7, 11) is -1.47. The SMILES string of the molecule is C=Cc1ccc(C[n+]2cccc3ccc4c(ccc[n+]4Cc4cccc(B(O)O)c4)c32)cc1.[Cl-].[Cl-]. The molecular weight excluding hydrogens is 478 g/mol. The van der Waals surface area contributed by atoms with E-state index < -0.39 is 7.12 Å². The molecule has 2 heterocycles. The minimum Gasteiger partial charge on any atom is -1.00 e. The molecule has 3 aromatic carbocycles. The lowest BCUT2D eigenvalue weighted by Gasteiger charge is -2.07. The van der Waals surface area contributed by atoms with Gasteiger partial charge >= 0.3 is 7.12 Å². The first kappa shape index (κ1) is 26.4. The fourth-order valence-corrected chi connectivity index (χ4v) is 4.41. The first-order chi connectivity index (χ1) is 16.1. The first-order valence-electron chi connectivity index (χ1n) is 11.0. The van der Waals surface area contributed by atoms with Crippen molar-refractivity contribution in [2.24, 2.45) is 0 Å². The molecule has 4 nitrogen and oxygen atoms in total. The van der Waals surface area contributed by atoms with Gasteiger partial charge in [0.25, 0.3) is 0 Å². The van der Waals surface area contributed by atoms with Crippen LogP contribution in [0.5, 0.6) is 0 Å². The quantitative estimate of drug-likeness (QED) is 0.148. The minimum absolute atomic E-state index is 0. The van der Waals surface area contributed by atoms with E-state index in [-0.39, 0.29) is 24.8 Å². The van der Waals surface area contributed by atoms with Crippen molar-refractivity contribution in [3.63, 3.8) is 0 Å². The summed E-state index contributed by atoms with van der Waals surface area (Å²) in [5, 5.41) is 21.4. The Bertz CT molecular complexity index is 1470. The summed E-state index contributed by atoms with van der Waals surface area (Å²) in [5.41, 5.74) is 6.18. The summed E-state index contributed by atoms with van der Waals surface area (Å²) in [6.45, 7) is 5.25. The van der Waals surface area contributed by atoms with Crippen LogP contribution >= 0.6 is 0 Å². The third-order valence-corrected chi connectivity index (χ3v) is 6.06. The number of aromatic nitrogens is 2. The van der Waals surface area contributed by atoms with Crippen molar-refractivity contribution < 1.29 is 44.0 Å². The van der Waals surface area contributed by atoms with Crippen molar-refractivity contribution in [1.29, 1.82) is 0 Å². The maximum absolute atomic E-state index is 9.53. The zero-order valence-electron chi connectivity index (χ0n) is 19.1. The highest BCUT2D eigenvalue weighted by atomic mass is 35.5. The van der Waals surface area contributed by atoms with E-state index >= 15 is 0 Å². The Hall–Kier alpha value is -3.22. The van der Waals surface area contributed by atoms with Crippen LogP contribution in [0.4, 0.5) is 0 Å². The van der Waals surface area contributed by atoms with Gasteiger partial charge in [-0.15, -0.1) is 0 Å². The molecular formula is C28H25BCl2N2O2. The molecule has 0 unspecified atom stereocenters. The van der Waals surface area contributed by atoms with E-state index in [4.69, 9.17) is 0 Å². The number of fused-ring (bicyclic) bond motifs is 3. The van der Waals surface area contributed by atoms with Crippen LogP contribution in [0.15, 0.2) is 104 Å². The minimum atomic E-state index is -1.47. The second-order valence-corrected chi connectivity index (χ2v) is 8.27. The standard InChI is InChI=1S/C28H25BN2O2.2ClH/c1-2-21-10-12-22(13-11-21)19-31-17-4-7-24-14-15-27-26(28(24)31)9-5-16-30(27)20-23-6-3-8-25(18-23)29(32)33;;/h2-18,32-33H,1,19-20H2;2*1H/q+2;;/p-2. The average Bonchev–Trinajstić information content (AvgIpc) is 2.85. The van der Waals surface area contributed by atoms with Gasteiger partial charge in [0.2, 0.25) is 11.0 Å². The number of hydrogen-bond acceptors (Lipinski definition) is 2. The Balaban J connectivity index is 0.00000171. The van der Waals surface area contributed by atoms with E-state index in [1.165, 1.54) is 21.9 Å². The summed E-state index contributed by atoms with van der Waals surface area (Å²) >= 11 is 0. The van der Waals surface area contributed by atoms with Crippen molar-refractivity contribution in [2.45, 2.75) is 13.1 Å². The highest BCUT2D eigenvalue weighted by molar-refractivity contribution is 6.58. The van der Waals surface area contributed by atoms with Gasteiger partial charge in [0.05, 0.1) is 0 Å². The maximum atomic E-state index is 9.53. The summed E-state index contributed by atoms with van der Waals surface area (Å²) in [6, 6.07) is 28.7. The van der Waals surface area contributed by atoms with Crippen LogP contribution in [0.25, 0.3) is 27.9 Å². The van der Waals surface area contributed by atoms with Crippen molar-refractivity contribution in [3.05, 3.63) is 121 Å². The van der Waals surface area contributed by atoms with Crippen LogP contribution in [0.2, 0.25) is 0 Å². The van der Waals surface area contributed by atoms with Crippen LogP contribution < -0.4 is 39.4 Å². The molecule has 0 spiro atoms. The summed E-state index contributed by atoms with van der Waals surface area (Å²) in [5.74, 6) is 0. The predicted molar refractivity (Wildman–Crippen MR) is 133 cm³/mol. The number of pyridine rings is 2. The summed E-state index contributed by atoms with van der Waals surface area (Å²) < 4.78 is 4.50. The van der Waals surface area contributed by atoms with E-state index in [0.29, 0.717) is 12.0 Å². The smallest absolute Gasteiger partial charge is 0.488 e. The first-order valence-corrected chi connectivity index (χ1v) is 11.0. The van der Waals surface area contributed by atoms with Crippen LogP contribution in [0.1, 0.15) is 16.7 Å². The second-order valence-electron chi connectivity index (χ2n) is 8.27. The molecule has 5 aromatic rings. The molecule has 7 heteroatoms. The molecule has 0 saturated heterocycles. The summed E-state index contributed by atoms with van der Waals surface area (Å²) in [4.78, 5) is 0. The van der Waals surface area contributed by atoms with Gasteiger partial charge in [-0.05, 0) is 29.2 Å². The molecule has 0 amide bonds. The molecule has 2 aromatic heterocycles. The third-order valence-electron chi connectivity index (χ3n) is 6.06. The van der Waals surface area contributed by atoms with E-state index in [9.17, 15) is 10.0 Å². The molecule has 0 saturated carbocycles. The number of hydrogen-bond donors (Lipinski definition) is 2. The van der Waals surface area contributed by atoms with E-state index in [1.54, 1.807) is 6.07 Å². The highest BCUT2D eigenvalue weighted by Crippen LogP contribution is 2.21. The van der Waals surface area contributed by atoms with Crippen LogP contribution in [-0.4, -0.2) is 17.2 Å². The molecule has 2 N–H and O–H groups in total. The van der Waals surface area contributed by atoms with Gasteiger partial charge in [-0.3, -0.25) is 0 Å². The molecule has 35 heavy (non-hydrogen) atoms. The maximum Gasteiger partial charge on any atom is 0.488 e. The molecule has 0 atom stereocenters. The fourth-order valence-electron chi connectivity index (χ4n) is 4.41. The monoisotopic (exact) mass is 502 g/mol. The van der Waals surface area contributed by atoms with Gasteiger partial charge in [-0.2, -0.15) is 9.13 Å². The Labute approximate surface area is 217 Å². The van der Waals surface area contributed by atoms with E-state index in [0.717, 1.165) is 23.2 Å². The van der Waals surface area contributed by atoms with Gasteiger partial charge in [-0.25, -0.2) is 0 Å². The Kier molecular flexibility index (Phi) is 8.65. The number of halogens is 2. The van der Waals surface area contributed by atoms with Gasteiger partial charge in [0.15, 0.2) is 25.5 Å². The molecule has 5 rings (SSSR count). The molecule has 0 aliphatic rings. The second kappa shape index (κ2) is 11.5. The Morgan fingerprint density at radius 2 is 1.46 bits per heavy atom. The van der Waals surface area contributed by atoms with E-state index in [1.807, 2.05) is 24.3 Å². The van der Waals surface area contributed by atoms with Crippen LogP contribution in [0.3, 0.4) is 0 Å². The van der Waals surface area contributed by atoms with Gasteiger partial charge < -0.3 is 34.9 Å². The molecule has 0 aliphatic heterocycles. The summed E-state index contributed by atoms with van der Waals surface area (Å²) in [6.07, 6.45) is 6.06. The Morgan fingerprint density at radius 1 is 0.743 bits per heavy atom. The third kappa shape index (κ3) is 5.55. The molecule has 0 bridgehead atoms. The zero-order valence-corrected chi connectivity index (χ0v) is 20.6. The fraction of sp³-hybridized carbons (Fsp3) is 0.0714. The number of nitrogens with zero attached hydrogens (tertiary/aromatic N) is 2. The van der Waals surface area contributed by atoms with Crippen LogP contribution in [0, 0.1) is 0 Å². The largest absolute Gasteiger partial charge is 1.00 e. The lowest BCUT2D eigenvalue weighted by Crippen LogP contribution is -3.00. The lowest BCUT2D eigenvalue weighted by molar-refractivity contribution is -0.665. The van der Waals surface area contributed by atoms with Crippen molar-refractivity contribution >= 4 is 40.5 Å². The van der Waals surface area contributed by atoms with Crippen molar-refractivity contribution in [3.8, 4) is 0 Å². The van der Waals surface area contributed by atoms with Crippen LogP contribution in [-0.2, 0) is 13.1 Å². The van der Waals surface area contributed by atoms with E-state index in [2.05, 4.69) is 88.8 Å². The number of benzene rings is 3. The zero-order chi connectivity index (χ0) is 22.8. The molecule has 0 fully saturated rings. The van der Waals surface area contributed by atoms with Gasteiger partial charge in [0, 0.05) is 34.7 Å². The van der Waals surface area contributed by atoms with Crippen molar-refractivity contribution in [2.75, 3.05) is 0 Å². The average molecular weight is 503 g/mol. The van der Waals surface area contributed by atoms with Gasteiger partial charge in [-0.1, -0.05) is 61.2 Å². The van der Waals surface area contributed by atoms with Crippen molar-refractivity contribution in [1.82, 2.24) is 0 Å². The molecule has 0 radical (unpaired) electrons. The molecule has 0 aliphatic carbocycles. The number of rotatable bonds is 6. The highest BCUT2D eigenvalue weighted by Gasteiger charge is 2.19. The van der Waals surface area contributed by atoms with Gasteiger partial charge in [0.1, 0.15) is 5.39 Å². The Morgan fingerprint density at radius 3 is 2.20 bits per heavy atom. The lowest BCUT2D eigenvalue weighted by atomic mass is 9.79. The topological polar surface area (TPSA) is 48.2 Å². The predicted octanol–water partition coefficient (Wildman–Crippen LogP) is -3.00. The normalized spacial score (nSPS) is 10.5. The molecule has 176 valence electrons.